The molecule has 2 aromatic carbocycles. The number of likely N-dealkylation sites (N-methyl/N-ethyl adjacent to an activating group) is 1. The predicted molar refractivity (Wildman–Crippen MR) is 98.0 cm³/mol. The zero-order chi connectivity index (χ0) is 18.3. The maximum atomic E-state index is 12.8. The molecule has 134 valence electrons. The second-order valence-electron chi connectivity index (χ2n) is 6.91. The van der Waals surface area contributed by atoms with Crippen LogP contribution in [0.25, 0.3) is 10.8 Å². The van der Waals surface area contributed by atoms with Gasteiger partial charge in [-0.3, -0.25) is 19.3 Å². The van der Waals surface area contributed by atoms with Gasteiger partial charge in [0.15, 0.2) is 0 Å². The first-order valence-corrected chi connectivity index (χ1v) is 8.90. The van der Waals surface area contributed by atoms with Gasteiger partial charge >= 0.3 is 0 Å². The van der Waals surface area contributed by atoms with Gasteiger partial charge in [-0.1, -0.05) is 24.3 Å². The molecular formula is C20H21N3O3. The number of imide groups is 1. The Balaban J connectivity index is 1.53. The summed E-state index contributed by atoms with van der Waals surface area (Å²) in [5.41, 5.74) is 1.06. The zero-order valence-corrected chi connectivity index (χ0v) is 14.8. The molecule has 0 saturated carbocycles. The van der Waals surface area contributed by atoms with E-state index in [1.54, 1.807) is 12.1 Å². The third-order valence-electron chi connectivity index (χ3n) is 5.26. The summed E-state index contributed by atoms with van der Waals surface area (Å²) in [5.74, 6) is -0.633. The second kappa shape index (κ2) is 6.53. The molecule has 4 rings (SSSR count). The lowest BCUT2D eigenvalue weighted by atomic mass is 9.94. The van der Waals surface area contributed by atoms with Crippen molar-refractivity contribution in [1.29, 1.82) is 0 Å². The number of amides is 3. The Hall–Kier alpha value is -2.73. The van der Waals surface area contributed by atoms with E-state index in [2.05, 4.69) is 4.90 Å². The molecule has 6 heteroatoms. The highest BCUT2D eigenvalue weighted by atomic mass is 16.2. The van der Waals surface area contributed by atoms with Crippen LogP contribution < -0.4 is 0 Å². The van der Waals surface area contributed by atoms with Gasteiger partial charge in [0.05, 0.1) is 0 Å². The first-order valence-electron chi connectivity index (χ1n) is 8.90. The zero-order valence-electron chi connectivity index (χ0n) is 14.8. The fourth-order valence-corrected chi connectivity index (χ4v) is 3.70. The van der Waals surface area contributed by atoms with E-state index in [1.807, 2.05) is 36.2 Å². The van der Waals surface area contributed by atoms with Crippen LogP contribution >= 0.6 is 0 Å². The van der Waals surface area contributed by atoms with E-state index < -0.39 is 0 Å². The van der Waals surface area contributed by atoms with Crippen LogP contribution in [-0.2, 0) is 4.79 Å². The van der Waals surface area contributed by atoms with Crippen molar-refractivity contribution in [1.82, 2.24) is 14.7 Å². The number of rotatable bonds is 3. The molecule has 1 saturated heterocycles. The summed E-state index contributed by atoms with van der Waals surface area (Å²) in [7, 11) is 2.03. The van der Waals surface area contributed by atoms with Gasteiger partial charge in [-0.05, 0) is 24.6 Å². The number of benzene rings is 2. The predicted octanol–water partition coefficient (Wildman–Crippen LogP) is 1.60. The highest BCUT2D eigenvalue weighted by Gasteiger charge is 2.33. The smallest absolute Gasteiger partial charge is 0.261 e. The van der Waals surface area contributed by atoms with Crippen molar-refractivity contribution in [2.45, 2.75) is 6.42 Å². The van der Waals surface area contributed by atoms with E-state index in [1.165, 1.54) is 4.90 Å². The minimum absolute atomic E-state index is 0.00392. The SMILES string of the molecule is CN1CCN(C(=O)CCN2C(=O)c3cccc4cccc(c34)C2=O)CC1. The van der Waals surface area contributed by atoms with Crippen LogP contribution in [0, 0.1) is 0 Å². The van der Waals surface area contributed by atoms with Gasteiger partial charge in [-0.2, -0.15) is 0 Å². The molecule has 2 heterocycles. The van der Waals surface area contributed by atoms with Crippen molar-refractivity contribution in [3.8, 4) is 0 Å². The Kier molecular flexibility index (Phi) is 4.20. The molecule has 0 unspecified atom stereocenters. The number of hydrogen-bond donors (Lipinski definition) is 0. The molecule has 0 atom stereocenters. The largest absolute Gasteiger partial charge is 0.340 e. The van der Waals surface area contributed by atoms with Crippen LogP contribution in [0.4, 0.5) is 0 Å². The summed E-state index contributed by atoms with van der Waals surface area (Å²) in [5, 5.41) is 1.60. The van der Waals surface area contributed by atoms with Crippen LogP contribution in [-0.4, -0.2) is 72.2 Å². The van der Waals surface area contributed by atoms with Crippen molar-refractivity contribution in [2.24, 2.45) is 0 Å². The van der Waals surface area contributed by atoms with Crippen LogP contribution in [0.1, 0.15) is 27.1 Å². The number of nitrogens with zero attached hydrogens (tertiary/aromatic N) is 3. The highest BCUT2D eigenvalue weighted by Crippen LogP contribution is 2.29. The molecule has 6 nitrogen and oxygen atoms in total. The molecular weight excluding hydrogens is 330 g/mol. The molecule has 2 aromatic rings. The van der Waals surface area contributed by atoms with Crippen molar-refractivity contribution >= 4 is 28.5 Å². The highest BCUT2D eigenvalue weighted by molar-refractivity contribution is 6.25. The van der Waals surface area contributed by atoms with Crippen LogP contribution in [0.2, 0.25) is 0 Å². The Morgan fingerprint density at radius 3 is 2.08 bits per heavy atom. The monoisotopic (exact) mass is 351 g/mol. The van der Waals surface area contributed by atoms with E-state index in [4.69, 9.17) is 0 Å². The summed E-state index contributed by atoms with van der Waals surface area (Å²) in [4.78, 5) is 43.3. The van der Waals surface area contributed by atoms with Gasteiger partial charge in [0.25, 0.3) is 11.8 Å². The fourth-order valence-electron chi connectivity index (χ4n) is 3.70. The van der Waals surface area contributed by atoms with Gasteiger partial charge in [-0.15, -0.1) is 0 Å². The summed E-state index contributed by atoms with van der Waals surface area (Å²) >= 11 is 0. The molecule has 2 aliphatic rings. The lowest BCUT2D eigenvalue weighted by Gasteiger charge is -2.33. The molecule has 1 fully saturated rings. The maximum Gasteiger partial charge on any atom is 0.261 e. The van der Waals surface area contributed by atoms with Crippen LogP contribution in [0.5, 0.6) is 0 Å². The van der Waals surface area contributed by atoms with Crippen LogP contribution in [0.3, 0.4) is 0 Å². The maximum absolute atomic E-state index is 12.8. The van der Waals surface area contributed by atoms with E-state index >= 15 is 0 Å². The van der Waals surface area contributed by atoms with Gasteiger partial charge in [0.1, 0.15) is 0 Å². The van der Waals surface area contributed by atoms with E-state index in [0.29, 0.717) is 29.6 Å². The Morgan fingerprint density at radius 1 is 0.923 bits per heavy atom. The Labute approximate surface area is 152 Å². The Morgan fingerprint density at radius 2 is 1.50 bits per heavy atom. The normalized spacial score (nSPS) is 17.9. The van der Waals surface area contributed by atoms with Gasteiger partial charge in [0.2, 0.25) is 5.91 Å². The van der Waals surface area contributed by atoms with Gasteiger partial charge < -0.3 is 9.80 Å². The van der Waals surface area contributed by atoms with E-state index in [-0.39, 0.29) is 30.7 Å². The molecule has 26 heavy (non-hydrogen) atoms. The number of piperazine rings is 1. The topological polar surface area (TPSA) is 60.9 Å². The summed E-state index contributed by atoms with van der Waals surface area (Å²) < 4.78 is 0. The molecule has 0 radical (unpaired) electrons. The van der Waals surface area contributed by atoms with Crippen LogP contribution in [0.15, 0.2) is 36.4 Å². The van der Waals surface area contributed by atoms with E-state index in [0.717, 1.165) is 18.5 Å². The average Bonchev–Trinajstić information content (AvgIpc) is 2.66. The Bertz CT molecular complexity index is 850. The van der Waals surface area contributed by atoms with Crippen molar-refractivity contribution < 1.29 is 14.4 Å². The molecule has 0 bridgehead atoms. The quantitative estimate of drug-likeness (QED) is 0.788. The molecule has 2 aliphatic heterocycles. The first-order chi connectivity index (χ1) is 12.6. The first kappa shape index (κ1) is 16.7. The minimum atomic E-state index is -0.314. The molecule has 3 amide bonds. The number of carbonyl (C=O) groups excluding carboxylic acids is 3. The lowest BCUT2D eigenvalue weighted by molar-refractivity contribution is -0.132. The number of carbonyl (C=O) groups is 3. The van der Waals surface area contributed by atoms with Gasteiger partial charge in [-0.25, -0.2) is 0 Å². The summed E-state index contributed by atoms with van der Waals surface area (Å²) in [6.45, 7) is 3.21. The molecule has 0 N–H and O–H groups in total. The lowest BCUT2D eigenvalue weighted by Crippen LogP contribution is -2.48. The average molecular weight is 351 g/mol. The fraction of sp³-hybridized carbons (Fsp3) is 0.350. The van der Waals surface area contributed by atoms with Crippen molar-refractivity contribution in [2.75, 3.05) is 39.8 Å². The number of hydrogen-bond acceptors (Lipinski definition) is 4. The minimum Gasteiger partial charge on any atom is -0.340 e. The molecule has 0 aromatic heterocycles. The molecule has 0 spiro atoms. The third kappa shape index (κ3) is 2.76. The second-order valence-corrected chi connectivity index (χ2v) is 6.91. The van der Waals surface area contributed by atoms with E-state index in [9.17, 15) is 14.4 Å². The van der Waals surface area contributed by atoms with Crippen molar-refractivity contribution in [3.63, 3.8) is 0 Å². The van der Waals surface area contributed by atoms with Crippen molar-refractivity contribution in [3.05, 3.63) is 47.5 Å². The molecule has 0 aliphatic carbocycles. The van der Waals surface area contributed by atoms with Gasteiger partial charge in [0, 0.05) is 55.7 Å². The standard InChI is InChI=1S/C20H21N3O3/c1-21-10-12-22(13-11-21)17(24)8-9-23-19(25)15-6-2-4-14-5-3-7-16(18(14)15)20(23)26/h2-7H,8-13H2,1H3. The third-order valence-corrected chi connectivity index (χ3v) is 5.26. The summed E-state index contributed by atoms with van der Waals surface area (Å²) in [6.07, 6.45) is 0.166. The summed E-state index contributed by atoms with van der Waals surface area (Å²) in [6, 6.07) is 10.9.